The van der Waals surface area contributed by atoms with Crippen molar-refractivity contribution in [3.63, 3.8) is 0 Å². The Balaban J connectivity index is 0.00000166. The summed E-state index contributed by atoms with van der Waals surface area (Å²) in [6.45, 7) is 9.08. The maximum Gasteiger partial charge on any atom is 4.00 e. The summed E-state index contributed by atoms with van der Waals surface area (Å²) in [5.74, 6) is 0. The summed E-state index contributed by atoms with van der Waals surface area (Å²) >= 11 is 0. The van der Waals surface area contributed by atoms with Crippen molar-refractivity contribution in [2.24, 2.45) is 0 Å². The summed E-state index contributed by atoms with van der Waals surface area (Å²) in [5.41, 5.74) is 18.9. The molecule has 8 aromatic carbocycles. The number of hydrogen-bond donors (Lipinski definition) is 0. The third kappa shape index (κ3) is 6.39. The topological polar surface area (TPSA) is 0 Å². The van der Waals surface area contributed by atoms with Gasteiger partial charge >= 0.3 is 25.8 Å². The normalized spacial score (nSPS) is 13.3. The van der Waals surface area contributed by atoms with Gasteiger partial charge in [-0.05, 0) is 102 Å². The molecule has 1 aliphatic carbocycles. The summed E-state index contributed by atoms with van der Waals surface area (Å²) in [5, 5.41) is 5.42. The number of aryl methyl sites for hydroxylation is 2. The molecule has 0 nitrogen and oxygen atoms in total. The summed E-state index contributed by atoms with van der Waals surface area (Å²) < 4.78 is 0. The van der Waals surface area contributed by atoms with E-state index in [0.717, 1.165) is 0 Å². The molecular weight excluding hydrogens is 815 g/mol. The van der Waals surface area contributed by atoms with Crippen molar-refractivity contribution in [2.75, 3.05) is 0 Å². The minimum absolute atomic E-state index is 0. The second kappa shape index (κ2) is 15.6. The van der Waals surface area contributed by atoms with Gasteiger partial charge in [0.1, 0.15) is 0 Å². The molecule has 8 aromatic rings. The fourth-order valence-corrected chi connectivity index (χ4v) is 9.59. The first kappa shape index (κ1) is 39.1. The third-order valence-corrected chi connectivity index (χ3v) is 12.1. The van der Waals surface area contributed by atoms with Crippen molar-refractivity contribution in [1.82, 2.24) is 0 Å². The van der Waals surface area contributed by atoms with Crippen LogP contribution in [0.4, 0.5) is 0 Å². The van der Waals surface area contributed by atoms with Crippen LogP contribution in [0.25, 0.3) is 66.1 Å². The molecule has 0 atom stereocenters. The van der Waals surface area contributed by atoms with Gasteiger partial charge in [0, 0.05) is 0 Å². The van der Waals surface area contributed by atoms with Gasteiger partial charge in [-0.3, -0.25) is 0 Å². The monoisotopic (exact) mass is 866 g/mol. The van der Waals surface area contributed by atoms with Gasteiger partial charge < -0.3 is 14.9 Å². The van der Waals surface area contributed by atoms with Gasteiger partial charge in [0.25, 0.3) is 0 Å². The Labute approximate surface area is 342 Å². The van der Waals surface area contributed by atoms with E-state index in [9.17, 15) is 0 Å². The van der Waals surface area contributed by atoms with E-state index in [-0.39, 0.29) is 46.1 Å². The molecule has 0 heterocycles. The van der Waals surface area contributed by atoms with Gasteiger partial charge in [-0.2, -0.15) is 12.1 Å². The van der Waals surface area contributed by atoms with Crippen LogP contribution in [0.1, 0.15) is 59.1 Å². The van der Waals surface area contributed by atoms with Gasteiger partial charge in [-0.1, -0.05) is 121 Å². The quantitative estimate of drug-likeness (QED) is 0.115. The largest absolute Gasteiger partial charge is 4.00 e. The third-order valence-electron chi connectivity index (χ3n) is 12.1. The minimum Gasteiger partial charge on any atom is -0.358 e. The van der Waals surface area contributed by atoms with Gasteiger partial charge in [0.05, 0.1) is 0 Å². The van der Waals surface area contributed by atoms with E-state index in [2.05, 4.69) is 173 Å². The zero-order valence-corrected chi connectivity index (χ0v) is 36.3. The van der Waals surface area contributed by atoms with Crippen molar-refractivity contribution in [2.45, 2.75) is 58.8 Å². The van der Waals surface area contributed by atoms with Gasteiger partial charge in [0.2, 0.25) is 0 Å². The van der Waals surface area contributed by atoms with Crippen LogP contribution in [-0.2, 0) is 31.3 Å². The molecule has 0 bridgehead atoms. The molecule has 0 aromatic heterocycles. The Bertz CT molecular complexity index is 2380. The van der Waals surface area contributed by atoms with E-state index in [0.29, 0.717) is 0 Å². The average molecular weight is 865 g/mol. The van der Waals surface area contributed by atoms with Crippen LogP contribution in [-0.4, -0.2) is 0 Å². The second-order valence-corrected chi connectivity index (χ2v) is 15.0. The Hall–Kier alpha value is -4.59. The van der Waals surface area contributed by atoms with Crippen molar-refractivity contribution in [1.29, 1.82) is 0 Å². The molecular formula is C53H50Hf. The van der Waals surface area contributed by atoms with E-state index >= 15 is 0 Å². The average Bonchev–Trinajstić information content (AvgIpc) is 3.92. The van der Waals surface area contributed by atoms with E-state index in [4.69, 9.17) is 0 Å². The van der Waals surface area contributed by atoms with Crippen LogP contribution in [0.2, 0.25) is 0 Å². The number of fused-ring (bicyclic) bond motifs is 2. The van der Waals surface area contributed by atoms with E-state index in [1.54, 1.807) is 0 Å². The Morgan fingerprint density at radius 2 is 0.852 bits per heavy atom. The molecule has 0 radical (unpaired) electrons. The zero-order chi connectivity index (χ0) is 34.7. The molecule has 0 unspecified atom stereocenters. The van der Waals surface area contributed by atoms with Crippen LogP contribution in [0, 0.1) is 42.5 Å². The minimum atomic E-state index is 0. The Kier molecular flexibility index (Phi) is 11.3. The fraction of sp³-hybridized carbons (Fsp3) is 0.170. The SMILES string of the molecule is Cc1ccc(-c2cccc3[cH-]c(C4(c5cc6c(-c7ccc(C)c(-c8ccccc8)c7C)cccc6[cH-]5)CCCC4)cc23)c(C)c1-c1ccccc1.[CH3-].[CH3-].[Hf+4]. The maximum absolute atomic E-state index is 2.55. The summed E-state index contributed by atoms with van der Waals surface area (Å²) in [6.07, 6.45) is 4.90. The standard InChI is InChI=1S/C51H44.2CH3.Hf/c1-33-23-25-43(35(3)49(33)37-15-7-5-8-16-37)45-21-13-19-39-29-41(31-47(39)45)51(27-11-12-28-51)42-30-40-20-14-22-46(48(40)32-42)44-26-24-34(2)50(36(44)4)38-17-9-6-10-18-38;;;/h5-10,13-26,29-32H,11-12,27-28H2,1-4H3;2*1H3;/q-2;2*-1;+4. The summed E-state index contributed by atoms with van der Waals surface area (Å²) in [7, 11) is 0. The second-order valence-electron chi connectivity index (χ2n) is 15.0. The molecule has 1 heteroatoms. The van der Waals surface area contributed by atoms with Crippen LogP contribution in [0.5, 0.6) is 0 Å². The Morgan fingerprint density at radius 3 is 1.26 bits per heavy atom. The molecule has 9 rings (SSSR count). The van der Waals surface area contributed by atoms with Crippen molar-refractivity contribution >= 4 is 21.5 Å². The van der Waals surface area contributed by atoms with Crippen molar-refractivity contribution in [3.05, 3.63) is 194 Å². The van der Waals surface area contributed by atoms with Crippen LogP contribution >= 0.6 is 0 Å². The fourth-order valence-electron chi connectivity index (χ4n) is 9.59. The Morgan fingerprint density at radius 1 is 0.444 bits per heavy atom. The van der Waals surface area contributed by atoms with Gasteiger partial charge in [0.15, 0.2) is 0 Å². The van der Waals surface area contributed by atoms with Crippen molar-refractivity contribution in [3.8, 4) is 44.5 Å². The van der Waals surface area contributed by atoms with Crippen LogP contribution < -0.4 is 0 Å². The zero-order valence-electron chi connectivity index (χ0n) is 32.7. The summed E-state index contributed by atoms with van der Waals surface area (Å²) in [6, 6.07) is 54.9. The van der Waals surface area contributed by atoms with Crippen LogP contribution in [0.15, 0.2) is 146 Å². The molecule has 266 valence electrons. The first-order valence-electron chi connectivity index (χ1n) is 18.6. The maximum atomic E-state index is 2.55. The predicted octanol–water partition coefficient (Wildman–Crippen LogP) is 15.1. The van der Waals surface area contributed by atoms with E-state index < -0.39 is 0 Å². The molecule has 1 fully saturated rings. The smallest absolute Gasteiger partial charge is 0.358 e. The van der Waals surface area contributed by atoms with Gasteiger partial charge in [-0.25, -0.2) is 0 Å². The molecule has 0 saturated heterocycles. The molecule has 1 saturated carbocycles. The van der Waals surface area contributed by atoms with E-state index in [1.165, 1.54) is 125 Å². The molecule has 0 amide bonds. The number of rotatable bonds is 6. The number of hydrogen-bond acceptors (Lipinski definition) is 0. The molecule has 0 spiro atoms. The number of benzene rings is 6. The predicted molar refractivity (Wildman–Crippen MR) is 232 cm³/mol. The van der Waals surface area contributed by atoms with Gasteiger partial charge in [-0.15, -0.1) is 69.1 Å². The van der Waals surface area contributed by atoms with Crippen molar-refractivity contribution < 1.29 is 25.8 Å². The van der Waals surface area contributed by atoms with Crippen LogP contribution in [0.3, 0.4) is 0 Å². The van der Waals surface area contributed by atoms with E-state index in [1.807, 2.05) is 0 Å². The first-order valence-corrected chi connectivity index (χ1v) is 18.6. The summed E-state index contributed by atoms with van der Waals surface area (Å²) in [4.78, 5) is 0. The first-order chi connectivity index (χ1) is 24.9. The molecule has 54 heavy (non-hydrogen) atoms. The molecule has 0 aliphatic heterocycles. The molecule has 0 N–H and O–H groups in total. The molecule has 1 aliphatic rings.